The Labute approximate surface area is 112 Å². The lowest BCUT2D eigenvalue weighted by Gasteiger charge is -2.17. The average Bonchev–Trinajstić information content (AvgIpc) is 2.28. The van der Waals surface area contributed by atoms with E-state index in [2.05, 4.69) is 15.0 Å². The van der Waals surface area contributed by atoms with Crippen molar-refractivity contribution in [3.05, 3.63) is 40.9 Å². The van der Waals surface area contributed by atoms with Crippen LogP contribution >= 0.6 is 23.2 Å². The number of benzene rings is 1. The monoisotopic (exact) mass is 283 g/mol. The lowest BCUT2D eigenvalue weighted by Crippen LogP contribution is -2.33. The topological polar surface area (TPSA) is 85.0 Å². The van der Waals surface area contributed by atoms with Gasteiger partial charge < -0.3 is 5.73 Å². The van der Waals surface area contributed by atoms with Gasteiger partial charge in [0.05, 0.1) is 5.69 Å². The van der Waals surface area contributed by atoms with Crippen molar-refractivity contribution in [3.8, 4) is 0 Å². The van der Waals surface area contributed by atoms with Crippen LogP contribution in [0, 0.1) is 0 Å². The zero-order valence-corrected chi connectivity index (χ0v) is 10.4. The lowest BCUT2D eigenvalue weighted by atomic mass is 10.3. The summed E-state index contributed by atoms with van der Waals surface area (Å²) in [5, 5.41) is -0.237. The van der Waals surface area contributed by atoms with Crippen LogP contribution in [-0.4, -0.2) is 21.0 Å². The van der Waals surface area contributed by atoms with Crippen LogP contribution < -0.4 is 10.6 Å². The van der Waals surface area contributed by atoms with Crippen LogP contribution in [0.1, 0.15) is 0 Å². The van der Waals surface area contributed by atoms with Gasteiger partial charge in [-0.25, -0.2) is 9.69 Å². The molecule has 0 saturated carbocycles. The summed E-state index contributed by atoms with van der Waals surface area (Å²) in [6, 6.07) is 7.90. The summed E-state index contributed by atoms with van der Waals surface area (Å²) in [5.74, 6) is -0.0290. The van der Waals surface area contributed by atoms with E-state index in [1.807, 2.05) is 0 Å². The van der Waals surface area contributed by atoms with Gasteiger partial charge in [0.25, 0.3) is 0 Å². The molecule has 0 bridgehead atoms. The van der Waals surface area contributed by atoms with E-state index >= 15 is 0 Å². The van der Waals surface area contributed by atoms with Crippen LogP contribution in [0.15, 0.2) is 30.3 Å². The Hall–Kier alpha value is -1.92. The van der Waals surface area contributed by atoms with E-state index in [0.29, 0.717) is 5.69 Å². The van der Waals surface area contributed by atoms with Crippen molar-refractivity contribution >= 4 is 40.9 Å². The molecule has 1 aromatic carbocycles. The number of nitrogens with zero attached hydrogens (tertiary/aromatic N) is 4. The molecule has 0 aliphatic heterocycles. The number of para-hydroxylation sites is 1. The first-order valence-electron chi connectivity index (χ1n) is 4.79. The number of halogens is 2. The molecule has 92 valence electrons. The summed E-state index contributed by atoms with van der Waals surface area (Å²) in [6.45, 7) is 0. The lowest BCUT2D eigenvalue weighted by molar-refractivity contribution is 0.256. The third-order valence-electron chi connectivity index (χ3n) is 2.00. The number of primary amides is 1. The number of carbonyl (C=O) groups is 1. The molecule has 2 amide bonds. The molecule has 0 aliphatic rings. The third kappa shape index (κ3) is 2.66. The second kappa shape index (κ2) is 5.16. The van der Waals surface area contributed by atoms with Gasteiger partial charge in [-0.05, 0) is 35.3 Å². The summed E-state index contributed by atoms with van der Waals surface area (Å²) in [4.78, 5) is 23.8. The van der Waals surface area contributed by atoms with Gasteiger partial charge in [-0.3, -0.25) is 0 Å². The van der Waals surface area contributed by atoms with Gasteiger partial charge in [0.2, 0.25) is 16.5 Å². The van der Waals surface area contributed by atoms with E-state index in [4.69, 9.17) is 28.9 Å². The number of hydrogen-bond donors (Lipinski definition) is 1. The van der Waals surface area contributed by atoms with Crippen LogP contribution in [0.3, 0.4) is 0 Å². The molecule has 0 spiro atoms. The molecule has 0 fully saturated rings. The smallest absolute Gasteiger partial charge is 0.326 e. The molecule has 1 heterocycles. The molecule has 2 aromatic rings. The fourth-order valence-corrected chi connectivity index (χ4v) is 1.69. The largest absolute Gasteiger partial charge is 0.351 e. The number of rotatable bonds is 2. The van der Waals surface area contributed by atoms with Crippen LogP contribution in [0.4, 0.5) is 16.4 Å². The number of anilines is 2. The summed E-state index contributed by atoms with van der Waals surface area (Å²) in [6.07, 6.45) is 0. The Kier molecular flexibility index (Phi) is 3.59. The number of amides is 2. The molecule has 0 aliphatic carbocycles. The van der Waals surface area contributed by atoms with E-state index < -0.39 is 6.03 Å². The van der Waals surface area contributed by atoms with Gasteiger partial charge in [0.1, 0.15) is 0 Å². The van der Waals surface area contributed by atoms with Crippen molar-refractivity contribution in [2.45, 2.75) is 0 Å². The van der Waals surface area contributed by atoms with Gasteiger partial charge in [0.15, 0.2) is 0 Å². The van der Waals surface area contributed by atoms with Gasteiger partial charge >= 0.3 is 6.03 Å². The van der Waals surface area contributed by atoms with Gasteiger partial charge in [-0.15, -0.1) is 0 Å². The molecule has 18 heavy (non-hydrogen) atoms. The predicted molar refractivity (Wildman–Crippen MR) is 68.0 cm³/mol. The summed E-state index contributed by atoms with van der Waals surface area (Å²) < 4.78 is 0. The van der Waals surface area contributed by atoms with Gasteiger partial charge in [-0.2, -0.15) is 15.0 Å². The number of aromatic nitrogens is 3. The van der Waals surface area contributed by atoms with Crippen molar-refractivity contribution in [1.82, 2.24) is 15.0 Å². The maximum atomic E-state index is 11.5. The predicted octanol–water partition coefficient (Wildman–Crippen LogP) is 2.40. The van der Waals surface area contributed by atoms with E-state index in [1.165, 1.54) is 0 Å². The standard InChI is InChI=1S/C10H7Cl2N5O/c11-7-14-8(12)16-10(15-7)17(9(13)18)6-4-2-1-3-5-6/h1-5H,(H2,13,18). The highest BCUT2D eigenvalue weighted by molar-refractivity contribution is 6.31. The zero-order valence-electron chi connectivity index (χ0n) is 8.92. The molecular formula is C10H7Cl2N5O. The Morgan fingerprint density at radius 3 is 2.11 bits per heavy atom. The molecule has 0 radical (unpaired) electrons. The third-order valence-corrected chi connectivity index (χ3v) is 2.34. The number of urea groups is 1. The van der Waals surface area contributed by atoms with Crippen LogP contribution in [0.5, 0.6) is 0 Å². The van der Waals surface area contributed by atoms with Crippen molar-refractivity contribution in [3.63, 3.8) is 0 Å². The van der Waals surface area contributed by atoms with Crippen LogP contribution in [-0.2, 0) is 0 Å². The molecule has 6 nitrogen and oxygen atoms in total. The molecule has 1 aromatic heterocycles. The quantitative estimate of drug-likeness (QED) is 0.917. The highest BCUT2D eigenvalue weighted by Crippen LogP contribution is 2.23. The molecular weight excluding hydrogens is 277 g/mol. The van der Waals surface area contributed by atoms with Gasteiger partial charge in [-0.1, -0.05) is 18.2 Å². The van der Waals surface area contributed by atoms with Crippen molar-refractivity contribution in [2.75, 3.05) is 4.90 Å². The van der Waals surface area contributed by atoms with E-state index in [0.717, 1.165) is 4.90 Å². The Morgan fingerprint density at radius 2 is 1.61 bits per heavy atom. The first-order valence-corrected chi connectivity index (χ1v) is 5.55. The number of nitrogens with two attached hydrogens (primary N) is 1. The average molecular weight is 284 g/mol. The zero-order chi connectivity index (χ0) is 13.1. The minimum atomic E-state index is -0.750. The second-order valence-corrected chi connectivity index (χ2v) is 3.86. The molecule has 0 atom stereocenters. The number of hydrogen-bond acceptors (Lipinski definition) is 4. The Balaban J connectivity index is 2.52. The molecule has 0 unspecified atom stereocenters. The molecule has 2 rings (SSSR count). The van der Waals surface area contributed by atoms with Gasteiger partial charge in [0, 0.05) is 0 Å². The molecule has 0 saturated heterocycles. The Morgan fingerprint density at radius 1 is 1.06 bits per heavy atom. The van der Waals surface area contributed by atoms with Crippen LogP contribution in [0.2, 0.25) is 10.6 Å². The first kappa shape index (κ1) is 12.5. The summed E-state index contributed by atoms with van der Waals surface area (Å²) >= 11 is 11.3. The van der Waals surface area contributed by atoms with E-state index in [-0.39, 0.29) is 16.5 Å². The molecule has 2 N–H and O–H groups in total. The van der Waals surface area contributed by atoms with E-state index in [1.54, 1.807) is 30.3 Å². The highest BCUT2D eigenvalue weighted by atomic mass is 35.5. The minimum absolute atomic E-state index is 0.0290. The van der Waals surface area contributed by atoms with Crippen molar-refractivity contribution in [2.24, 2.45) is 5.73 Å². The van der Waals surface area contributed by atoms with Crippen molar-refractivity contribution in [1.29, 1.82) is 0 Å². The molecule has 8 heteroatoms. The fraction of sp³-hybridized carbons (Fsp3) is 0. The summed E-state index contributed by atoms with van der Waals surface area (Å²) in [7, 11) is 0. The summed E-state index contributed by atoms with van der Waals surface area (Å²) in [5.41, 5.74) is 5.80. The fourth-order valence-electron chi connectivity index (χ4n) is 1.33. The van der Waals surface area contributed by atoms with Crippen LogP contribution in [0.25, 0.3) is 0 Å². The van der Waals surface area contributed by atoms with Crippen molar-refractivity contribution < 1.29 is 4.79 Å². The SMILES string of the molecule is NC(=O)N(c1ccccc1)c1nc(Cl)nc(Cl)n1. The number of carbonyl (C=O) groups excluding carboxylic acids is 1. The minimum Gasteiger partial charge on any atom is -0.351 e. The second-order valence-electron chi connectivity index (χ2n) is 3.18. The normalized spacial score (nSPS) is 10.1. The highest BCUT2D eigenvalue weighted by Gasteiger charge is 2.19. The van der Waals surface area contributed by atoms with E-state index in [9.17, 15) is 4.79 Å². The maximum absolute atomic E-state index is 11.5. The maximum Gasteiger partial charge on any atom is 0.326 e. The first-order chi connectivity index (χ1) is 8.58. The Bertz CT molecular complexity index is 557.